The zero-order chi connectivity index (χ0) is 12.8. The number of nitrogens with zero attached hydrogens (tertiary/aromatic N) is 2. The number of fused-ring (bicyclic) bond motifs is 1. The van der Waals surface area contributed by atoms with Crippen LogP contribution in [0.3, 0.4) is 0 Å². The van der Waals surface area contributed by atoms with Gasteiger partial charge in [-0.25, -0.2) is 17.8 Å². The molecule has 0 saturated carbocycles. The Morgan fingerprint density at radius 3 is 2.61 bits per heavy atom. The highest BCUT2D eigenvalue weighted by atomic mass is 32.2. The summed E-state index contributed by atoms with van der Waals surface area (Å²) in [5, 5.41) is 2.78. The molecule has 3 rings (SSSR count). The van der Waals surface area contributed by atoms with Crippen LogP contribution in [0.1, 0.15) is 0 Å². The van der Waals surface area contributed by atoms with Crippen molar-refractivity contribution in [2.75, 3.05) is 26.2 Å². The number of rotatable bonds is 2. The standard InChI is InChI=1S/C11H14FN3O2S/c12-10-2-1-3-14-11(10)18(16,17)15-6-8-4-13-5-9(8)7-15/h1-3,8-9,13H,4-7H2. The summed E-state index contributed by atoms with van der Waals surface area (Å²) in [7, 11) is -3.79. The number of hydrogen-bond donors (Lipinski definition) is 1. The monoisotopic (exact) mass is 271 g/mol. The summed E-state index contributed by atoms with van der Waals surface area (Å²) in [6, 6.07) is 2.51. The van der Waals surface area contributed by atoms with Crippen LogP contribution in [0.25, 0.3) is 0 Å². The first kappa shape index (κ1) is 12.0. The van der Waals surface area contributed by atoms with E-state index in [2.05, 4.69) is 10.3 Å². The number of pyridine rings is 1. The zero-order valence-corrected chi connectivity index (χ0v) is 10.5. The third-order valence-electron chi connectivity index (χ3n) is 3.66. The van der Waals surface area contributed by atoms with E-state index in [1.807, 2.05) is 0 Å². The summed E-state index contributed by atoms with van der Waals surface area (Å²) < 4.78 is 39.5. The topological polar surface area (TPSA) is 62.3 Å². The number of aromatic nitrogens is 1. The lowest BCUT2D eigenvalue weighted by Crippen LogP contribution is -2.33. The Balaban J connectivity index is 1.90. The van der Waals surface area contributed by atoms with Crippen molar-refractivity contribution >= 4 is 10.0 Å². The molecule has 1 N–H and O–H groups in total. The van der Waals surface area contributed by atoms with Gasteiger partial charge in [0.1, 0.15) is 0 Å². The van der Waals surface area contributed by atoms with E-state index in [9.17, 15) is 12.8 Å². The fourth-order valence-corrected chi connectivity index (χ4v) is 4.22. The summed E-state index contributed by atoms with van der Waals surface area (Å²) in [4.78, 5) is 3.67. The Bertz CT molecular complexity index is 551. The van der Waals surface area contributed by atoms with Crippen molar-refractivity contribution in [3.05, 3.63) is 24.1 Å². The quantitative estimate of drug-likeness (QED) is 0.826. The lowest BCUT2D eigenvalue weighted by atomic mass is 10.0. The van der Waals surface area contributed by atoms with Crippen molar-refractivity contribution in [2.45, 2.75) is 5.03 Å². The van der Waals surface area contributed by atoms with Gasteiger partial charge in [-0.1, -0.05) is 0 Å². The van der Waals surface area contributed by atoms with Gasteiger partial charge in [-0.15, -0.1) is 0 Å². The van der Waals surface area contributed by atoms with Gasteiger partial charge < -0.3 is 5.32 Å². The highest BCUT2D eigenvalue weighted by molar-refractivity contribution is 7.89. The molecule has 2 unspecified atom stereocenters. The summed E-state index contributed by atoms with van der Waals surface area (Å²) in [5.41, 5.74) is 0. The molecule has 0 aliphatic carbocycles. The molecule has 2 aliphatic heterocycles. The van der Waals surface area contributed by atoms with Gasteiger partial charge in [0.15, 0.2) is 5.82 Å². The van der Waals surface area contributed by atoms with Crippen LogP contribution in [0, 0.1) is 17.7 Å². The Labute approximate surface area is 105 Å². The van der Waals surface area contributed by atoms with Crippen LogP contribution >= 0.6 is 0 Å². The van der Waals surface area contributed by atoms with E-state index < -0.39 is 20.9 Å². The highest BCUT2D eigenvalue weighted by Crippen LogP contribution is 2.30. The Morgan fingerprint density at radius 1 is 1.33 bits per heavy atom. The van der Waals surface area contributed by atoms with Gasteiger partial charge in [-0.05, 0) is 37.1 Å². The largest absolute Gasteiger partial charge is 0.316 e. The first-order valence-corrected chi connectivity index (χ1v) is 7.34. The van der Waals surface area contributed by atoms with Crippen LogP contribution in [0.5, 0.6) is 0 Å². The zero-order valence-electron chi connectivity index (χ0n) is 9.71. The highest BCUT2D eigenvalue weighted by Gasteiger charge is 2.42. The fraction of sp³-hybridized carbons (Fsp3) is 0.545. The molecule has 0 bridgehead atoms. The lowest BCUT2D eigenvalue weighted by molar-refractivity contribution is 0.438. The van der Waals surface area contributed by atoms with Gasteiger partial charge in [0.25, 0.3) is 10.0 Å². The smallest absolute Gasteiger partial charge is 0.263 e. The Morgan fingerprint density at radius 2 is 2.00 bits per heavy atom. The molecule has 2 fully saturated rings. The summed E-state index contributed by atoms with van der Waals surface area (Å²) >= 11 is 0. The van der Waals surface area contributed by atoms with Crippen LogP contribution in [-0.2, 0) is 10.0 Å². The van der Waals surface area contributed by atoms with Gasteiger partial charge in [-0.2, -0.15) is 4.31 Å². The molecule has 0 aromatic carbocycles. The van der Waals surface area contributed by atoms with Crippen molar-refractivity contribution < 1.29 is 12.8 Å². The lowest BCUT2D eigenvalue weighted by Gasteiger charge is -2.16. The summed E-state index contributed by atoms with van der Waals surface area (Å²) in [6.45, 7) is 2.58. The van der Waals surface area contributed by atoms with E-state index in [0.717, 1.165) is 19.2 Å². The van der Waals surface area contributed by atoms with Crippen molar-refractivity contribution in [3.63, 3.8) is 0 Å². The van der Waals surface area contributed by atoms with Gasteiger partial charge in [0.05, 0.1) is 0 Å². The van der Waals surface area contributed by atoms with E-state index in [-0.39, 0.29) is 0 Å². The van der Waals surface area contributed by atoms with Crippen LogP contribution in [0.4, 0.5) is 4.39 Å². The molecule has 2 aliphatic rings. The predicted molar refractivity (Wildman–Crippen MR) is 62.8 cm³/mol. The van der Waals surface area contributed by atoms with Gasteiger partial charge in [0, 0.05) is 19.3 Å². The average Bonchev–Trinajstić information content (AvgIpc) is 2.89. The van der Waals surface area contributed by atoms with E-state index in [1.54, 1.807) is 0 Å². The van der Waals surface area contributed by atoms with Crippen molar-refractivity contribution in [1.82, 2.24) is 14.6 Å². The predicted octanol–water partition coefficient (Wildman–Crippen LogP) is 0.0606. The fourth-order valence-electron chi connectivity index (χ4n) is 2.69. The summed E-state index contributed by atoms with van der Waals surface area (Å²) in [6.07, 6.45) is 1.30. The minimum atomic E-state index is -3.79. The number of halogens is 1. The van der Waals surface area contributed by atoms with Crippen molar-refractivity contribution in [1.29, 1.82) is 0 Å². The van der Waals surface area contributed by atoms with E-state index in [1.165, 1.54) is 16.6 Å². The maximum absolute atomic E-state index is 13.5. The normalized spacial score (nSPS) is 28.5. The minimum absolute atomic E-state index is 0.339. The third kappa shape index (κ3) is 1.82. The second kappa shape index (κ2) is 4.25. The maximum Gasteiger partial charge on any atom is 0.263 e. The molecule has 18 heavy (non-hydrogen) atoms. The van der Waals surface area contributed by atoms with E-state index in [0.29, 0.717) is 24.9 Å². The molecule has 2 saturated heterocycles. The molecule has 2 atom stereocenters. The minimum Gasteiger partial charge on any atom is -0.316 e. The third-order valence-corrected chi connectivity index (χ3v) is 5.43. The molecule has 1 aromatic rings. The number of nitrogens with one attached hydrogen (secondary N) is 1. The van der Waals surface area contributed by atoms with E-state index in [4.69, 9.17) is 0 Å². The molecule has 7 heteroatoms. The molecular weight excluding hydrogens is 257 g/mol. The van der Waals surface area contributed by atoms with E-state index >= 15 is 0 Å². The number of sulfonamides is 1. The SMILES string of the molecule is O=S(=O)(c1ncccc1F)N1CC2CNCC2C1. The van der Waals surface area contributed by atoms with Crippen molar-refractivity contribution in [2.24, 2.45) is 11.8 Å². The molecule has 5 nitrogen and oxygen atoms in total. The molecule has 3 heterocycles. The molecule has 98 valence electrons. The van der Waals surface area contributed by atoms with Gasteiger partial charge >= 0.3 is 0 Å². The average molecular weight is 271 g/mol. The van der Waals surface area contributed by atoms with Gasteiger partial charge in [-0.3, -0.25) is 0 Å². The molecule has 0 amide bonds. The molecule has 1 aromatic heterocycles. The van der Waals surface area contributed by atoms with Gasteiger partial charge in [0.2, 0.25) is 5.03 Å². The molecular formula is C11H14FN3O2S. The first-order valence-electron chi connectivity index (χ1n) is 5.90. The van der Waals surface area contributed by atoms with Crippen LogP contribution in [-0.4, -0.2) is 43.9 Å². The second-order valence-corrected chi connectivity index (χ2v) is 6.64. The second-order valence-electron chi connectivity index (χ2n) is 4.79. The van der Waals surface area contributed by atoms with Crippen molar-refractivity contribution in [3.8, 4) is 0 Å². The Kier molecular flexibility index (Phi) is 2.84. The first-order chi connectivity index (χ1) is 8.59. The van der Waals surface area contributed by atoms with Crippen LogP contribution < -0.4 is 5.32 Å². The maximum atomic E-state index is 13.5. The van der Waals surface area contributed by atoms with Crippen LogP contribution in [0.15, 0.2) is 23.4 Å². The summed E-state index contributed by atoms with van der Waals surface area (Å²) in [5.74, 6) is -0.106. The number of hydrogen-bond acceptors (Lipinski definition) is 4. The molecule has 0 radical (unpaired) electrons. The Hall–Kier alpha value is -1.05. The van der Waals surface area contributed by atoms with Crippen LogP contribution in [0.2, 0.25) is 0 Å². The molecule has 0 spiro atoms.